The second kappa shape index (κ2) is 6.76. The number of ether oxygens (including phenoxy) is 2. The van der Waals surface area contributed by atoms with Gasteiger partial charge < -0.3 is 14.8 Å². The molecular weight excluding hydrogens is 250 g/mol. The first-order valence-electron chi connectivity index (χ1n) is 8.69. The lowest BCUT2D eigenvalue weighted by Gasteiger charge is -2.47. The van der Waals surface area contributed by atoms with E-state index >= 15 is 0 Å². The van der Waals surface area contributed by atoms with Gasteiger partial charge in [-0.15, -0.1) is 0 Å². The zero-order chi connectivity index (χ0) is 13.8. The second-order valence-corrected chi connectivity index (χ2v) is 7.16. The van der Waals surface area contributed by atoms with Crippen LogP contribution in [0, 0.1) is 17.8 Å². The van der Waals surface area contributed by atoms with E-state index in [0.717, 1.165) is 50.4 Å². The summed E-state index contributed by atoms with van der Waals surface area (Å²) in [5, 5.41) is 3.43. The number of hydrogen-bond donors (Lipinski definition) is 1. The fraction of sp³-hybridized carbons (Fsp3) is 1.00. The normalized spacial score (nSPS) is 38.0. The smallest absolute Gasteiger partial charge is 0.0729 e. The van der Waals surface area contributed by atoms with Gasteiger partial charge in [0.15, 0.2) is 0 Å². The van der Waals surface area contributed by atoms with Gasteiger partial charge in [-0.25, -0.2) is 0 Å². The van der Waals surface area contributed by atoms with Crippen molar-refractivity contribution in [2.45, 2.75) is 57.0 Å². The van der Waals surface area contributed by atoms with E-state index in [9.17, 15) is 0 Å². The van der Waals surface area contributed by atoms with Crippen molar-refractivity contribution in [3.8, 4) is 0 Å². The van der Waals surface area contributed by atoms with Gasteiger partial charge in [0.2, 0.25) is 0 Å². The predicted octanol–water partition coefficient (Wildman–Crippen LogP) is 2.99. The van der Waals surface area contributed by atoms with E-state index in [-0.39, 0.29) is 5.60 Å². The van der Waals surface area contributed by atoms with Crippen LogP contribution in [0.4, 0.5) is 0 Å². The average molecular weight is 281 g/mol. The first kappa shape index (κ1) is 14.8. The summed E-state index contributed by atoms with van der Waals surface area (Å²) in [4.78, 5) is 0. The Morgan fingerprint density at radius 1 is 1.05 bits per heavy atom. The molecular formula is C17H31NO2. The first-order chi connectivity index (χ1) is 9.83. The van der Waals surface area contributed by atoms with Gasteiger partial charge in [-0.3, -0.25) is 0 Å². The van der Waals surface area contributed by atoms with Gasteiger partial charge in [0, 0.05) is 19.8 Å². The Kier molecular flexibility index (Phi) is 5.00. The average Bonchev–Trinajstić information content (AvgIpc) is 2.49. The molecule has 3 heteroatoms. The van der Waals surface area contributed by atoms with Crippen molar-refractivity contribution in [2.75, 3.05) is 33.4 Å². The molecule has 0 bridgehead atoms. The van der Waals surface area contributed by atoms with E-state index in [0.29, 0.717) is 0 Å². The molecule has 3 fully saturated rings. The molecule has 3 aliphatic rings. The minimum absolute atomic E-state index is 0.169. The fourth-order valence-corrected chi connectivity index (χ4v) is 4.90. The molecule has 3 atom stereocenters. The third kappa shape index (κ3) is 3.20. The Labute approximate surface area is 123 Å². The maximum absolute atomic E-state index is 6.23. The van der Waals surface area contributed by atoms with E-state index in [4.69, 9.17) is 9.47 Å². The highest BCUT2D eigenvalue weighted by Crippen LogP contribution is 2.45. The van der Waals surface area contributed by atoms with Crippen LogP contribution in [0.1, 0.15) is 51.4 Å². The molecule has 1 saturated carbocycles. The van der Waals surface area contributed by atoms with Crippen LogP contribution >= 0.6 is 0 Å². The van der Waals surface area contributed by atoms with E-state index in [2.05, 4.69) is 12.4 Å². The van der Waals surface area contributed by atoms with Gasteiger partial charge >= 0.3 is 0 Å². The predicted molar refractivity (Wildman–Crippen MR) is 80.8 cm³/mol. The van der Waals surface area contributed by atoms with Gasteiger partial charge in [0.05, 0.1) is 5.60 Å². The van der Waals surface area contributed by atoms with Crippen LogP contribution in [0.5, 0.6) is 0 Å². The van der Waals surface area contributed by atoms with Crippen LogP contribution in [0.15, 0.2) is 0 Å². The van der Waals surface area contributed by atoms with E-state index in [1.165, 1.54) is 45.1 Å². The van der Waals surface area contributed by atoms with Crippen molar-refractivity contribution in [3.05, 3.63) is 0 Å². The van der Waals surface area contributed by atoms with Crippen LogP contribution < -0.4 is 5.32 Å². The summed E-state index contributed by atoms with van der Waals surface area (Å²) in [7, 11) is 2.11. The second-order valence-electron chi connectivity index (χ2n) is 7.16. The molecule has 2 saturated heterocycles. The number of hydrogen-bond acceptors (Lipinski definition) is 3. The van der Waals surface area contributed by atoms with Crippen molar-refractivity contribution in [1.29, 1.82) is 0 Å². The maximum Gasteiger partial charge on any atom is 0.0729 e. The zero-order valence-electron chi connectivity index (χ0n) is 13.0. The molecule has 0 aromatic carbocycles. The molecule has 0 amide bonds. The van der Waals surface area contributed by atoms with Gasteiger partial charge in [-0.2, -0.15) is 0 Å². The quantitative estimate of drug-likeness (QED) is 0.862. The lowest BCUT2D eigenvalue weighted by molar-refractivity contribution is -0.156. The summed E-state index contributed by atoms with van der Waals surface area (Å²) in [6, 6.07) is 0. The molecule has 116 valence electrons. The minimum atomic E-state index is 0.169. The highest BCUT2D eigenvalue weighted by Gasteiger charge is 2.43. The number of rotatable bonds is 3. The first-order valence-corrected chi connectivity index (χ1v) is 8.69. The standard InChI is InChI=1S/C17H31NO2/c1-18-13-15-4-2-3-5-16(15)14-6-9-20-17(12-14)7-10-19-11-8-17/h14-16,18H,2-13H2,1H3. The van der Waals surface area contributed by atoms with Gasteiger partial charge in [0.1, 0.15) is 0 Å². The molecule has 0 aromatic heterocycles. The summed E-state index contributed by atoms with van der Waals surface area (Å²) < 4.78 is 11.8. The van der Waals surface area contributed by atoms with E-state index in [1.54, 1.807) is 0 Å². The Bertz CT molecular complexity index is 294. The SMILES string of the molecule is CNCC1CCCCC1C1CCOC2(CCOCC2)C1. The van der Waals surface area contributed by atoms with Crippen LogP contribution in [-0.4, -0.2) is 39.0 Å². The molecule has 1 N–H and O–H groups in total. The summed E-state index contributed by atoms with van der Waals surface area (Å²) in [5.74, 6) is 2.72. The lowest BCUT2D eigenvalue weighted by atomic mass is 9.66. The van der Waals surface area contributed by atoms with Crippen molar-refractivity contribution >= 4 is 0 Å². The van der Waals surface area contributed by atoms with Crippen LogP contribution in [0.3, 0.4) is 0 Å². The van der Waals surface area contributed by atoms with Crippen molar-refractivity contribution < 1.29 is 9.47 Å². The molecule has 1 aliphatic carbocycles. The van der Waals surface area contributed by atoms with Crippen LogP contribution in [0.2, 0.25) is 0 Å². The lowest BCUT2D eigenvalue weighted by Crippen LogP contribution is -2.47. The molecule has 3 unspecified atom stereocenters. The highest BCUT2D eigenvalue weighted by molar-refractivity contribution is 4.93. The molecule has 0 aromatic rings. The molecule has 20 heavy (non-hydrogen) atoms. The summed E-state index contributed by atoms with van der Waals surface area (Å²) >= 11 is 0. The van der Waals surface area contributed by atoms with Crippen LogP contribution in [-0.2, 0) is 9.47 Å². The van der Waals surface area contributed by atoms with Gasteiger partial charge in [0.25, 0.3) is 0 Å². The van der Waals surface area contributed by atoms with Gasteiger partial charge in [-0.1, -0.05) is 12.8 Å². The largest absolute Gasteiger partial charge is 0.381 e. The van der Waals surface area contributed by atoms with Crippen molar-refractivity contribution in [1.82, 2.24) is 5.32 Å². The Morgan fingerprint density at radius 2 is 1.85 bits per heavy atom. The topological polar surface area (TPSA) is 30.5 Å². The molecule has 0 radical (unpaired) electrons. The molecule has 3 nitrogen and oxygen atoms in total. The van der Waals surface area contributed by atoms with Crippen molar-refractivity contribution in [2.24, 2.45) is 17.8 Å². The molecule has 1 spiro atoms. The monoisotopic (exact) mass is 281 g/mol. The third-order valence-corrected chi connectivity index (χ3v) is 5.97. The Balaban J connectivity index is 1.65. The molecule has 2 aliphatic heterocycles. The number of nitrogens with one attached hydrogen (secondary N) is 1. The van der Waals surface area contributed by atoms with E-state index < -0.39 is 0 Å². The van der Waals surface area contributed by atoms with Gasteiger partial charge in [-0.05, 0) is 69.9 Å². The summed E-state index contributed by atoms with van der Waals surface area (Å²) in [6.45, 7) is 3.99. The highest BCUT2D eigenvalue weighted by atomic mass is 16.5. The third-order valence-electron chi connectivity index (χ3n) is 5.97. The summed E-state index contributed by atoms with van der Waals surface area (Å²) in [6.07, 6.45) is 10.6. The fourth-order valence-electron chi connectivity index (χ4n) is 4.90. The maximum atomic E-state index is 6.23. The Morgan fingerprint density at radius 3 is 2.65 bits per heavy atom. The van der Waals surface area contributed by atoms with E-state index in [1.807, 2.05) is 0 Å². The van der Waals surface area contributed by atoms with Crippen LogP contribution in [0.25, 0.3) is 0 Å². The van der Waals surface area contributed by atoms with Crippen molar-refractivity contribution in [3.63, 3.8) is 0 Å². The molecule has 2 heterocycles. The zero-order valence-corrected chi connectivity index (χ0v) is 13.0. The summed E-state index contributed by atoms with van der Waals surface area (Å²) in [5.41, 5.74) is 0.169. The Hall–Kier alpha value is -0.120. The minimum Gasteiger partial charge on any atom is -0.381 e. The molecule has 3 rings (SSSR count).